The van der Waals surface area contributed by atoms with Crippen LogP contribution in [0.2, 0.25) is 0 Å². The molecule has 0 bridgehead atoms. The van der Waals surface area contributed by atoms with Crippen molar-refractivity contribution >= 4 is 11.9 Å². The zero-order valence-electron chi connectivity index (χ0n) is 12.9. The van der Waals surface area contributed by atoms with E-state index in [1.54, 1.807) is 24.3 Å². The minimum Gasteiger partial charge on any atom is -0.268 e. The van der Waals surface area contributed by atoms with Crippen molar-refractivity contribution in [3.05, 3.63) is 63.6 Å². The standard InChI is InChI=1S/C15H9F3N6OS/c16-15(17,18)12-5-13(25)24(7-11(12)6-19)26-8-9-2-1-3-10(4-9)14-20-22-23-21-14/h1-5,7H,8H2,(H,20,21,22,23). The predicted octanol–water partition coefficient (Wildman–Crippen LogP) is 2.62. The zero-order chi connectivity index (χ0) is 18.7. The molecule has 2 aromatic heterocycles. The fourth-order valence-corrected chi connectivity index (χ4v) is 3.00. The first kappa shape index (κ1) is 17.7. The summed E-state index contributed by atoms with van der Waals surface area (Å²) < 4.78 is 39.6. The summed E-state index contributed by atoms with van der Waals surface area (Å²) >= 11 is 0.976. The SMILES string of the molecule is N#Cc1cn(SCc2cccc(-c3nn[nH]n3)c2)c(=O)cc1C(F)(F)F. The largest absolute Gasteiger partial charge is 0.417 e. The number of rotatable bonds is 4. The average Bonchev–Trinajstić information content (AvgIpc) is 3.14. The van der Waals surface area contributed by atoms with Gasteiger partial charge in [-0.25, -0.2) is 0 Å². The van der Waals surface area contributed by atoms with E-state index < -0.39 is 22.9 Å². The highest BCUT2D eigenvalue weighted by atomic mass is 32.2. The summed E-state index contributed by atoms with van der Waals surface area (Å²) in [5.74, 6) is 0.692. The van der Waals surface area contributed by atoms with E-state index >= 15 is 0 Å². The molecule has 0 aliphatic rings. The second kappa shape index (κ2) is 7.01. The summed E-state index contributed by atoms with van der Waals surface area (Å²) in [6.45, 7) is 0. The van der Waals surface area contributed by atoms with Crippen LogP contribution in [-0.2, 0) is 11.9 Å². The number of aromatic nitrogens is 5. The number of alkyl halides is 3. The van der Waals surface area contributed by atoms with Crippen molar-refractivity contribution in [1.29, 1.82) is 5.26 Å². The fourth-order valence-electron chi connectivity index (χ4n) is 2.17. The van der Waals surface area contributed by atoms with Crippen molar-refractivity contribution in [3.63, 3.8) is 0 Å². The lowest BCUT2D eigenvalue weighted by atomic mass is 10.1. The van der Waals surface area contributed by atoms with Crippen LogP contribution in [0.4, 0.5) is 13.2 Å². The molecule has 3 aromatic rings. The van der Waals surface area contributed by atoms with Crippen LogP contribution in [0.15, 0.2) is 41.3 Å². The van der Waals surface area contributed by atoms with Crippen LogP contribution < -0.4 is 5.56 Å². The van der Waals surface area contributed by atoms with Crippen LogP contribution in [0.1, 0.15) is 16.7 Å². The van der Waals surface area contributed by atoms with Crippen LogP contribution in [0.3, 0.4) is 0 Å². The number of hydrogen-bond donors (Lipinski definition) is 1. The van der Waals surface area contributed by atoms with E-state index in [1.807, 2.05) is 0 Å². The Morgan fingerprint density at radius 3 is 2.77 bits per heavy atom. The Hall–Kier alpha value is -3.13. The number of benzene rings is 1. The van der Waals surface area contributed by atoms with Crippen molar-refractivity contribution in [2.24, 2.45) is 0 Å². The number of pyridine rings is 1. The summed E-state index contributed by atoms with van der Waals surface area (Å²) in [6, 6.07) is 9.01. The summed E-state index contributed by atoms with van der Waals surface area (Å²) in [5, 5.41) is 22.5. The van der Waals surface area contributed by atoms with E-state index in [0.29, 0.717) is 23.2 Å². The molecule has 132 valence electrons. The van der Waals surface area contributed by atoms with Crippen molar-refractivity contribution in [2.75, 3.05) is 0 Å². The van der Waals surface area contributed by atoms with Gasteiger partial charge >= 0.3 is 6.18 Å². The molecule has 3 rings (SSSR count). The van der Waals surface area contributed by atoms with E-state index in [1.165, 1.54) is 6.07 Å². The minimum atomic E-state index is -4.76. The van der Waals surface area contributed by atoms with E-state index in [-0.39, 0.29) is 0 Å². The second-order valence-corrected chi connectivity index (χ2v) is 6.02. The molecule has 0 saturated carbocycles. The Morgan fingerprint density at radius 2 is 2.12 bits per heavy atom. The molecule has 0 fully saturated rings. The Labute approximate surface area is 148 Å². The number of nitrogens with one attached hydrogen (secondary N) is 1. The van der Waals surface area contributed by atoms with Gasteiger partial charge in [0.1, 0.15) is 6.07 Å². The first-order valence-electron chi connectivity index (χ1n) is 7.08. The molecule has 0 saturated heterocycles. The zero-order valence-corrected chi connectivity index (χ0v) is 13.7. The first-order chi connectivity index (χ1) is 12.4. The average molecular weight is 378 g/mol. The maximum absolute atomic E-state index is 12.9. The third-order valence-corrected chi connectivity index (χ3v) is 4.37. The third kappa shape index (κ3) is 3.75. The molecule has 0 spiro atoms. The Balaban J connectivity index is 1.84. The van der Waals surface area contributed by atoms with E-state index in [0.717, 1.165) is 27.7 Å². The number of hydrogen-bond acceptors (Lipinski definition) is 6. The molecule has 11 heteroatoms. The maximum Gasteiger partial charge on any atom is 0.417 e. The highest BCUT2D eigenvalue weighted by Gasteiger charge is 2.34. The molecule has 0 atom stereocenters. The Morgan fingerprint density at radius 1 is 1.31 bits per heavy atom. The van der Waals surface area contributed by atoms with Gasteiger partial charge in [-0.15, -0.1) is 10.2 Å². The van der Waals surface area contributed by atoms with Gasteiger partial charge in [-0.3, -0.25) is 8.77 Å². The molecular formula is C15H9F3N6OS. The molecule has 26 heavy (non-hydrogen) atoms. The number of H-pyrrole nitrogens is 1. The molecule has 0 aliphatic carbocycles. The Kier molecular flexibility index (Phi) is 4.77. The van der Waals surface area contributed by atoms with Crippen LogP contribution in [0, 0.1) is 11.3 Å². The number of nitriles is 1. The number of aromatic amines is 1. The topological polar surface area (TPSA) is 100 Å². The smallest absolute Gasteiger partial charge is 0.268 e. The van der Waals surface area contributed by atoms with Gasteiger partial charge in [0.2, 0.25) is 5.82 Å². The van der Waals surface area contributed by atoms with Gasteiger partial charge in [-0.05, 0) is 28.8 Å². The van der Waals surface area contributed by atoms with E-state index in [9.17, 15) is 18.0 Å². The minimum absolute atomic E-state index is 0.293. The lowest BCUT2D eigenvalue weighted by Crippen LogP contribution is -2.20. The molecule has 1 N–H and O–H groups in total. The lowest BCUT2D eigenvalue weighted by Gasteiger charge is -2.11. The van der Waals surface area contributed by atoms with Crippen LogP contribution in [0.5, 0.6) is 0 Å². The molecule has 2 heterocycles. The quantitative estimate of drug-likeness (QED) is 0.749. The predicted molar refractivity (Wildman–Crippen MR) is 86.7 cm³/mol. The number of halogens is 3. The highest BCUT2D eigenvalue weighted by Crippen LogP contribution is 2.31. The normalized spacial score (nSPS) is 11.3. The monoisotopic (exact) mass is 378 g/mol. The van der Waals surface area contributed by atoms with Crippen molar-refractivity contribution in [1.82, 2.24) is 24.6 Å². The molecule has 0 unspecified atom stereocenters. The molecular weight excluding hydrogens is 369 g/mol. The molecule has 0 amide bonds. The van der Waals surface area contributed by atoms with Gasteiger partial charge < -0.3 is 0 Å². The summed E-state index contributed by atoms with van der Waals surface area (Å²) in [4.78, 5) is 11.9. The number of tetrazole rings is 1. The van der Waals surface area contributed by atoms with E-state index in [4.69, 9.17) is 5.26 Å². The van der Waals surface area contributed by atoms with Gasteiger partial charge in [-0.2, -0.15) is 23.6 Å². The number of nitrogens with zero attached hydrogens (tertiary/aromatic N) is 5. The van der Waals surface area contributed by atoms with Gasteiger partial charge in [0.05, 0.1) is 11.1 Å². The van der Waals surface area contributed by atoms with Gasteiger partial charge in [0, 0.05) is 23.6 Å². The molecule has 0 aliphatic heterocycles. The molecule has 0 radical (unpaired) electrons. The second-order valence-electron chi connectivity index (χ2n) is 5.08. The van der Waals surface area contributed by atoms with Gasteiger partial charge in [-0.1, -0.05) is 18.2 Å². The summed E-state index contributed by atoms with van der Waals surface area (Å²) in [5.41, 5.74) is -1.20. The van der Waals surface area contributed by atoms with Gasteiger partial charge in [0.25, 0.3) is 5.56 Å². The fraction of sp³-hybridized carbons (Fsp3) is 0.133. The maximum atomic E-state index is 12.9. The summed E-state index contributed by atoms with van der Waals surface area (Å²) in [6.07, 6.45) is -3.86. The van der Waals surface area contributed by atoms with Crippen LogP contribution >= 0.6 is 11.9 Å². The third-order valence-electron chi connectivity index (χ3n) is 3.35. The van der Waals surface area contributed by atoms with Gasteiger partial charge in [0.15, 0.2) is 0 Å². The Bertz CT molecular complexity index is 1020. The first-order valence-corrected chi connectivity index (χ1v) is 8.03. The highest BCUT2D eigenvalue weighted by molar-refractivity contribution is 7.97. The van der Waals surface area contributed by atoms with Crippen LogP contribution in [0.25, 0.3) is 11.4 Å². The van der Waals surface area contributed by atoms with Crippen molar-refractivity contribution in [3.8, 4) is 17.5 Å². The summed E-state index contributed by atoms with van der Waals surface area (Å²) in [7, 11) is 0. The van der Waals surface area contributed by atoms with Crippen molar-refractivity contribution in [2.45, 2.75) is 11.9 Å². The lowest BCUT2D eigenvalue weighted by molar-refractivity contribution is -0.137. The van der Waals surface area contributed by atoms with Crippen molar-refractivity contribution < 1.29 is 13.2 Å². The molecule has 1 aromatic carbocycles. The van der Waals surface area contributed by atoms with Crippen LogP contribution in [-0.4, -0.2) is 24.6 Å². The van der Waals surface area contributed by atoms with E-state index in [2.05, 4.69) is 20.6 Å². The molecule has 7 nitrogen and oxygen atoms in total.